The molecular weight excluding hydrogens is 370 g/mol. The van der Waals surface area contributed by atoms with Crippen molar-refractivity contribution in [1.29, 1.82) is 0 Å². The van der Waals surface area contributed by atoms with Crippen molar-refractivity contribution >= 4 is 33.4 Å². The van der Waals surface area contributed by atoms with E-state index in [1.807, 2.05) is 20.8 Å². The van der Waals surface area contributed by atoms with Gasteiger partial charge in [-0.1, -0.05) is 37.5 Å². The van der Waals surface area contributed by atoms with Crippen LogP contribution >= 0.6 is 27.5 Å². The zero-order valence-electron chi connectivity index (χ0n) is 12.6. The van der Waals surface area contributed by atoms with Crippen LogP contribution in [0.4, 0.5) is 0 Å². The van der Waals surface area contributed by atoms with E-state index in [1.54, 1.807) is 18.2 Å². The molecule has 1 amide bonds. The second-order valence-electron chi connectivity index (χ2n) is 5.90. The van der Waals surface area contributed by atoms with Gasteiger partial charge < -0.3 is 9.84 Å². The van der Waals surface area contributed by atoms with Crippen LogP contribution in [0.1, 0.15) is 42.8 Å². The average Bonchev–Trinajstić information content (AvgIpc) is 2.90. The number of hydrogen-bond acceptors (Lipinski definition) is 4. The summed E-state index contributed by atoms with van der Waals surface area (Å²) in [6.07, 6.45) is 0.514. The number of nitrogens with one attached hydrogen (secondary N) is 1. The van der Waals surface area contributed by atoms with E-state index in [2.05, 4.69) is 31.4 Å². The minimum Gasteiger partial charge on any atom is -0.352 e. The first-order valence-corrected chi connectivity index (χ1v) is 8.01. The van der Waals surface area contributed by atoms with Gasteiger partial charge in [0.05, 0.1) is 5.02 Å². The highest BCUT2D eigenvalue weighted by Crippen LogP contribution is 2.23. The van der Waals surface area contributed by atoms with E-state index in [0.29, 0.717) is 39.7 Å². The van der Waals surface area contributed by atoms with E-state index in [9.17, 15) is 4.79 Å². The highest BCUT2D eigenvalue weighted by molar-refractivity contribution is 9.10. The molecule has 2 rings (SSSR count). The van der Waals surface area contributed by atoms with Gasteiger partial charge in [0.25, 0.3) is 5.91 Å². The molecule has 1 N–H and O–H groups in total. The fourth-order valence-corrected chi connectivity index (χ4v) is 2.18. The lowest BCUT2D eigenvalue weighted by Gasteiger charge is -2.10. The minimum atomic E-state index is -0.177. The van der Waals surface area contributed by atoms with Gasteiger partial charge in [-0.05, 0) is 34.1 Å². The molecule has 0 aliphatic carbocycles. The third kappa shape index (κ3) is 4.30. The number of amides is 1. The lowest BCUT2D eigenvalue weighted by molar-refractivity contribution is 0.0954. The first kappa shape index (κ1) is 17.0. The van der Waals surface area contributed by atoms with Gasteiger partial charge in [0, 0.05) is 28.4 Å². The van der Waals surface area contributed by atoms with E-state index in [1.165, 1.54) is 0 Å². The van der Waals surface area contributed by atoms with Crippen LogP contribution in [0.15, 0.2) is 27.2 Å². The van der Waals surface area contributed by atoms with Crippen molar-refractivity contribution in [3.8, 4) is 0 Å². The number of aromatic nitrogens is 2. The standard InChI is InChI=1S/C15H17BrClN3O2/c1-15(2,3)14-19-12(20-22-14)6-7-18-13(21)9-4-5-11(17)10(16)8-9/h4-5,8H,6-7H2,1-3H3,(H,18,21). The quantitative estimate of drug-likeness (QED) is 0.869. The minimum absolute atomic E-state index is 0.170. The summed E-state index contributed by atoms with van der Waals surface area (Å²) in [7, 11) is 0. The van der Waals surface area contributed by atoms with E-state index in [-0.39, 0.29) is 11.3 Å². The fraction of sp³-hybridized carbons (Fsp3) is 0.400. The van der Waals surface area contributed by atoms with Gasteiger partial charge in [-0.15, -0.1) is 0 Å². The Labute approximate surface area is 142 Å². The van der Waals surface area contributed by atoms with Crippen LogP contribution in [0.5, 0.6) is 0 Å². The Kier molecular flexibility index (Phi) is 5.24. The molecule has 1 aromatic heterocycles. The van der Waals surface area contributed by atoms with Gasteiger partial charge in [0.1, 0.15) is 0 Å². The predicted octanol–water partition coefficient (Wildman–Crippen LogP) is 3.76. The van der Waals surface area contributed by atoms with E-state index >= 15 is 0 Å². The van der Waals surface area contributed by atoms with Crippen molar-refractivity contribution in [2.75, 3.05) is 6.54 Å². The van der Waals surface area contributed by atoms with Crippen LogP contribution in [0.3, 0.4) is 0 Å². The molecule has 0 aliphatic heterocycles. The highest BCUT2D eigenvalue weighted by atomic mass is 79.9. The molecule has 0 saturated carbocycles. The lowest BCUT2D eigenvalue weighted by atomic mass is 9.97. The Hall–Kier alpha value is -1.40. The first-order valence-electron chi connectivity index (χ1n) is 6.83. The lowest BCUT2D eigenvalue weighted by Crippen LogP contribution is -2.26. The number of benzene rings is 1. The normalized spacial score (nSPS) is 11.5. The van der Waals surface area contributed by atoms with Crippen molar-refractivity contribution in [1.82, 2.24) is 15.5 Å². The molecule has 0 bridgehead atoms. The summed E-state index contributed by atoms with van der Waals surface area (Å²) in [6.45, 7) is 6.45. The molecule has 0 spiro atoms. The molecule has 5 nitrogen and oxygen atoms in total. The van der Waals surface area contributed by atoms with Crippen molar-refractivity contribution in [2.45, 2.75) is 32.6 Å². The van der Waals surface area contributed by atoms with Crippen LogP contribution in [0, 0.1) is 0 Å². The monoisotopic (exact) mass is 385 g/mol. The van der Waals surface area contributed by atoms with E-state index in [0.717, 1.165) is 0 Å². The summed E-state index contributed by atoms with van der Waals surface area (Å²) in [5.74, 6) is 1.01. The van der Waals surface area contributed by atoms with Crippen molar-refractivity contribution in [3.63, 3.8) is 0 Å². The molecule has 2 aromatic rings. The number of hydrogen-bond donors (Lipinski definition) is 1. The Bertz CT molecular complexity index is 680. The second kappa shape index (κ2) is 6.79. The predicted molar refractivity (Wildman–Crippen MR) is 88.2 cm³/mol. The summed E-state index contributed by atoms with van der Waals surface area (Å²) in [5, 5.41) is 7.30. The van der Waals surface area contributed by atoms with Gasteiger partial charge >= 0.3 is 0 Å². The average molecular weight is 387 g/mol. The Balaban J connectivity index is 1.89. The molecule has 0 aliphatic rings. The van der Waals surface area contributed by atoms with Gasteiger partial charge in [-0.25, -0.2) is 0 Å². The fourth-order valence-electron chi connectivity index (χ4n) is 1.69. The molecule has 0 saturated heterocycles. The smallest absolute Gasteiger partial charge is 0.251 e. The molecule has 118 valence electrons. The number of halogens is 2. The zero-order chi connectivity index (χ0) is 16.3. The molecule has 1 aromatic carbocycles. The van der Waals surface area contributed by atoms with Crippen LogP contribution in [-0.4, -0.2) is 22.6 Å². The molecule has 0 atom stereocenters. The van der Waals surface area contributed by atoms with E-state index < -0.39 is 0 Å². The van der Waals surface area contributed by atoms with Crippen molar-refractivity contribution in [2.24, 2.45) is 0 Å². The second-order valence-corrected chi connectivity index (χ2v) is 7.16. The van der Waals surface area contributed by atoms with Gasteiger partial charge in [-0.3, -0.25) is 4.79 Å². The number of nitrogens with zero attached hydrogens (tertiary/aromatic N) is 2. The molecule has 0 unspecified atom stereocenters. The number of rotatable bonds is 4. The van der Waals surface area contributed by atoms with Crippen LogP contribution in [0.25, 0.3) is 0 Å². The van der Waals surface area contributed by atoms with Crippen LogP contribution < -0.4 is 5.32 Å². The third-order valence-electron chi connectivity index (χ3n) is 2.93. The topological polar surface area (TPSA) is 68.0 Å². The van der Waals surface area contributed by atoms with Crippen molar-refractivity contribution < 1.29 is 9.32 Å². The molecule has 22 heavy (non-hydrogen) atoms. The third-order valence-corrected chi connectivity index (χ3v) is 4.14. The van der Waals surface area contributed by atoms with Gasteiger partial charge in [0.15, 0.2) is 5.82 Å². The summed E-state index contributed by atoms with van der Waals surface area (Å²) < 4.78 is 5.90. The summed E-state index contributed by atoms with van der Waals surface area (Å²) >= 11 is 9.20. The summed E-state index contributed by atoms with van der Waals surface area (Å²) in [6, 6.07) is 5.04. The van der Waals surface area contributed by atoms with Crippen LogP contribution in [-0.2, 0) is 11.8 Å². The maximum absolute atomic E-state index is 12.0. The maximum atomic E-state index is 12.0. The molecular formula is C15H17BrClN3O2. The SMILES string of the molecule is CC(C)(C)c1nc(CCNC(=O)c2ccc(Cl)c(Br)c2)no1. The maximum Gasteiger partial charge on any atom is 0.251 e. The highest BCUT2D eigenvalue weighted by Gasteiger charge is 2.21. The Morgan fingerprint density at radius 2 is 2.14 bits per heavy atom. The van der Waals surface area contributed by atoms with Gasteiger partial charge in [0.2, 0.25) is 5.89 Å². The first-order chi connectivity index (χ1) is 10.3. The number of carbonyl (C=O) groups excluding carboxylic acids is 1. The Morgan fingerprint density at radius 1 is 1.41 bits per heavy atom. The van der Waals surface area contributed by atoms with Crippen LogP contribution in [0.2, 0.25) is 5.02 Å². The van der Waals surface area contributed by atoms with Gasteiger partial charge in [-0.2, -0.15) is 4.98 Å². The molecule has 0 radical (unpaired) electrons. The largest absolute Gasteiger partial charge is 0.352 e. The Morgan fingerprint density at radius 3 is 2.73 bits per heavy atom. The molecule has 0 fully saturated rings. The summed E-state index contributed by atoms with van der Waals surface area (Å²) in [4.78, 5) is 16.3. The van der Waals surface area contributed by atoms with E-state index in [4.69, 9.17) is 16.1 Å². The molecule has 7 heteroatoms. The number of carbonyl (C=O) groups is 1. The zero-order valence-corrected chi connectivity index (χ0v) is 15.0. The van der Waals surface area contributed by atoms with Crippen molar-refractivity contribution in [3.05, 3.63) is 45.0 Å². The molecule has 1 heterocycles. The summed E-state index contributed by atoms with van der Waals surface area (Å²) in [5.41, 5.74) is 0.365.